The summed E-state index contributed by atoms with van der Waals surface area (Å²) in [4.78, 5) is 17.4. The predicted octanol–water partition coefficient (Wildman–Crippen LogP) is 1.83. The Labute approximate surface area is 84.7 Å². The van der Waals surface area contributed by atoms with Crippen molar-refractivity contribution in [1.82, 2.24) is 9.97 Å². The molecule has 0 saturated carbocycles. The number of nitrogens with zero attached hydrogens (tertiary/aromatic N) is 1. The molecule has 0 amide bonds. The highest BCUT2D eigenvalue weighted by Crippen LogP contribution is 2.11. The maximum absolute atomic E-state index is 11.0. The van der Waals surface area contributed by atoms with E-state index in [1.807, 2.05) is 11.4 Å². The number of aromatic amines is 1. The van der Waals surface area contributed by atoms with Crippen molar-refractivity contribution in [2.75, 3.05) is 0 Å². The van der Waals surface area contributed by atoms with E-state index in [4.69, 9.17) is 0 Å². The summed E-state index contributed by atoms with van der Waals surface area (Å²) < 4.78 is 0.697. The second-order valence-corrected chi connectivity index (χ2v) is 2.78. The lowest BCUT2D eigenvalue weighted by molar-refractivity contribution is 1.18. The van der Waals surface area contributed by atoms with E-state index in [-0.39, 0.29) is 30.4 Å². The molecule has 3 nitrogen and oxygen atoms in total. The second-order valence-electron chi connectivity index (χ2n) is 1.87. The topological polar surface area (TPSA) is 45.8 Å². The first-order valence-electron chi connectivity index (χ1n) is 2.79. The second kappa shape index (κ2) is 4.45. The van der Waals surface area contributed by atoms with E-state index < -0.39 is 0 Å². The van der Waals surface area contributed by atoms with E-state index in [0.717, 1.165) is 5.52 Å². The van der Waals surface area contributed by atoms with Crippen LogP contribution in [0.15, 0.2) is 22.6 Å². The molecule has 2 aromatic rings. The first-order chi connectivity index (χ1) is 4.88. The Kier molecular flexibility index (Phi) is 4.23. The molecule has 2 aromatic heterocycles. The first-order valence-corrected chi connectivity index (χ1v) is 3.67. The van der Waals surface area contributed by atoms with Crippen LogP contribution in [0.25, 0.3) is 10.2 Å². The van der Waals surface area contributed by atoms with Crippen LogP contribution in [0.2, 0.25) is 0 Å². The third-order valence-electron chi connectivity index (χ3n) is 1.25. The van der Waals surface area contributed by atoms with E-state index in [1.165, 1.54) is 17.7 Å². The molecule has 2 heterocycles. The third kappa shape index (κ3) is 1.77. The molecule has 0 bridgehead atoms. The number of halogens is 2. The van der Waals surface area contributed by atoms with E-state index in [2.05, 4.69) is 9.97 Å². The van der Waals surface area contributed by atoms with Crippen molar-refractivity contribution in [3.8, 4) is 0 Å². The molecule has 0 spiro atoms. The van der Waals surface area contributed by atoms with Crippen molar-refractivity contribution in [2.24, 2.45) is 0 Å². The van der Waals surface area contributed by atoms with Crippen molar-refractivity contribution in [3.05, 3.63) is 28.1 Å². The van der Waals surface area contributed by atoms with Crippen LogP contribution in [-0.2, 0) is 0 Å². The van der Waals surface area contributed by atoms with Gasteiger partial charge in [0.05, 0.1) is 11.8 Å². The highest BCUT2D eigenvalue weighted by atomic mass is 35.5. The van der Waals surface area contributed by atoms with Crippen LogP contribution < -0.4 is 5.56 Å². The molecule has 2 rings (SSSR count). The predicted molar refractivity (Wildman–Crippen MR) is 54.7 cm³/mol. The monoisotopic (exact) mass is 224 g/mol. The number of hydrogen-bond acceptors (Lipinski definition) is 3. The van der Waals surface area contributed by atoms with Crippen LogP contribution in [0.5, 0.6) is 0 Å². The van der Waals surface area contributed by atoms with Gasteiger partial charge in [-0.3, -0.25) is 4.79 Å². The molecule has 0 aliphatic rings. The molecule has 0 fully saturated rings. The van der Waals surface area contributed by atoms with E-state index in [0.29, 0.717) is 4.70 Å². The van der Waals surface area contributed by atoms with Crippen LogP contribution in [0.1, 0.15) is 0 Å². The lowest BCUT2D eigenvalue weighted by Gasteiger charge is -1.82. The Hall–Kier alpha value is -0.580. The van der Waals surface area contributed by atoms with Crippen LogP contribution in [0, 0.1) is 0 Å². The number of H-pyrrole nitrogens is 1. The Bertz CT molecular complexity index is 411. The average molecular weight is 225 g/mol. The van der Waals surface area contributed by atoms with Crippen LogP contribution in [0.4, 0.5) is 0 Å². The largest absolute Gasteiger partial charge is 0.312 e. The molecule has 0 atom stereocenters. The molecule has 0 radical (unpaired) electrons. The maximum Gasteiger partial charge on any atom is 0.268 e. The molecule has 12 heavy (non-hydrogen) atoms. The fourth-order valence-corrected chi connectivity index (χ4v) is 1.54. The van der Waals surface area contributed by atoms with Crippen LogP contribution in [-0.4, -0.2) is 9.97 Å². The Balaban J connectivity index is 0.000000605. The quantitative estimate of drug-likeness (QED) is 0.743. The zero-order valence-electron chi connectivity index (χ0n) is 5.81. The standard InChI is InChI=1S/C6H4N2OS.2ClH/c9-6-5-4(1-2-10-5)7-3-8-6;;/h1-3H,(H,7,8,9);2*1H. The Morgan fingerprint density at radius 1 is 1.42 bits per heavy atom. The van der Waals surface area contributed by atoms with Gasteiger partial charge >= 0.3 is 0 Å². The van der Waals surface area contributed by atoms with Crippen molar-refractivity contribution < 1.29 is 0 Å². The molecule has 0 aliphatic heterocycles. The summed E-state index contributed by atoms with van der Waals surface area (Å²) in [5, 5.41) is 1.85. The van der Waals surface area contributed by atoms with Gasteiger partial charge in [0.25, 0.3) is 5.56 Å². The van der Waals surface area contributed by atoms with Crippen molar-refractivity contribution in [2.45, 2.75) is 0 Å². The number of hydrogen-bond donors (Lipinski definition) is 1. The van der Waals surface area contributed by atoms with Gasteiger partial charge in [0.15, 0.2) is 0 Å². The summed E-state index contributed by atoms with van der Waals surface area (Å²) in [6.07, 6.45) is 1.41. The lowest BCUT2D eigenvalue weighted by Crippen LogP contribution is -2.02. The van der Waals surface area contributed by atoms with Gasteiger partial charge < -0.3 is 4.98 Å². The summed E-state index contributed by atoms with van der Waals surface area (Å²) in [5.74, 6) is 0. The van der Waals surface area contributed by atoms with Gasteiger partial charge in [0.1, 0.15) is 4.70 Å². The fraction of sp³-hybridized carbons (Fsp3) is 0. The summed E-state index contributed by atoms with van der Waals surface area (Å²) in [6, 6.07) is 1.83. The molecular formula is C6H6Cl2N2OS. The smallest absolute Gasteiger partial charge is 0.268 e. The van der Waals surface area contributed by atoms with Gasteiger partial charge in [0, 0.05) is 0 Å². The van der Waals surface area contributed by atoms with Gasteiger partial charge in [0.2, 0.25) is 0 Å². The maximum atomic E-state index is 11.0. The molecule has 1 N–H and O–H groups in total. The minimum Gasteiger partial charge on any atom is -0.312 e. The molecule has 0 unspecified atom stereocenters. The summed E-state index contributed by atoms with van der Waals surface area (Å²) in [5.41, 5.74) is 0.716. The molecule has 6 heteroatoms. The minimum atomic E-state index is -0.0556. The van der Waals surface area contributed by atoms with E-state index in [1.54, 1.807) is 0 Å². The Morgan fingerprint density at radius 2 is 2.17 bits per heavy atom. The molecular weight excluding hydrogens is 219 g/mol. The SMILES string of the molecule is Cl.Cl.O=c1[nH]cnc2ccsc12. The lowest BCUT2D eigenvalue weighted by atomic mass is 10.5. The molecule has 0 aromatic carbocycles. The normalized spacial score (nSPS) is 8.67. The van der Waals surface area contributed by atoms with Gasteiger partial charge in [-0.25, -0.2) is 4.98 Å². The van der Waals surface area contributed by atoms with E-state index >= 15 is 0 Å². The zero-order valence-corrected chi connectivity index (χ0v) is 8.26. The van der Waals surface area contributed by atoms with Crippen molar-refractivity contribution in [3.63, 3.8) is 0 Å². The highest BCUT2D eigenvalue weighted by molar-refractivity contribution is 7.17. The zero-order chi connectivity index (χ0) is 6.97. The fourth-order valence-electron chi connectivity index (χ4n) is 0.800. The minimum absolute atomic E-state index is 0. The van der Waals surface area contributed by atoms with Crippen molar-refractivity contribution in [1.29, 1.82) is 0 Å². The molecule has 0 aliphatic carbocycles. The number of rotatable bonds is 0. The highest BCUT2D eigenvalue weighted by Gasteiger charge is 1.97. The van der Waals surface area contributed by atoms with Crippen LogP contribution in [0.3, 0.4) is 0 Å². The first kappa shape index (κ1) is 11.4. The molecule has 0 saturated heterocycles. The van der Waals surface area contributed by atoms with Crippen molar-refractivity contribution >= 4 is 46.4 Å². The van der Waals surface area contributed by atoms with Crippen LogP contribution >= 0.6 is 36.2 Å². The Morgan fingerprint density at radius 3 is 2.83 bits per heavy atom. The number of aromatic nitrogens is 2. The molecule has 66 valence electrons. The third-order valence-corrected chi connectivity index (χ3v) is 2.15. The van der Waals surface area contributed by atoms with Gasteiger partial charge in [-0.15, -0.1) is 36.2 Å². The number of fused-ring (bicyclic) bond motifs is 1. The van der Waals surface area contributed by atoms with Gasteiger partial charge in [-0.2, -0.15) is 0 Å². The van der Waals surface area contributed by atoms with Gasteiger partial charge in [-0.05, 0) is 11.4 Å². The summed E-state index contributed by atoms with van der Waals surface area (Å²) in [6.45, 7) is 0. The summed E-state index contributed by atoms with van der Waals surface area (Å²) >= 11 is 1.41. The van der Waals surface area contributed by atoms with Gasteiger partial charge in [-0.1, -0.05) is 0 Å². The number of thiophene rings is 1. The number of nitrogens with one attached hydrogen (secondary N) is 1. The summed E-state index contributed by atoms with van der Waals surface area (Å²) in [7, 11) is 0. The van der Waals surface area contributed by atoms with E-state index in [9.17, 15) is 4.79 Å². The average Bonchev–Trinajstić information content (AvgIpc) is 2.36.